The number of hydrogen-bond donors (Lipinski definition) is 0. The van der Waals surface area contributed by atoms with Crippen molar-refractivity contribution < 1.29 is 4.74 Å². The van der Waals surface area contributed by atoms with E-state index < -0.39 is 0 Å². The zero-order valence-corrected chi connectivity index (χ0v) is 11.8. The van der Waals surface area contributed by atoms with Crippen LogP contribution in [0.3, 0.4) is 0 Å². The molecule has 1 heterocycles. The largest absolute Gasteiger partial charge is 0.456 e. The quantitative estimate of drug-likeness (QED) is 0.727. The van der Waals surface area contributed by atoms with Crippen LogP contribution in [0.4, 0.5) is 0 Å². The summed E-state index contributed by atoms with van der Waals surface area (Å²) in [6.45, 7) is 8.14. The van der Waals surface area contributed by atoms with Gasteiger partial charge in [0.15, 0.2) is 0 Å². The Hall–Kier alpha value is -1.54. The van der Waals surface area contributed by atoms with Gasteiger partial charge in [0, 0.05) is 17.8 Å². The number of benzene rings is 1. The fourth-order valence-corrected chi connectivity index (χ4v) is 1.93. The molecule has 94 valence electrons. The van der Waals surface area contributed by atoms with E-state index in [2.05, 4.69) is 31.0 Å². The molecule has 0 aliphatic rings. The summed E-state index contributed by atoms with van der Waals surface area (Å²) in [6.07, 6.45) is 1.72. The predicted molar refractivity (Wildman–Crippen MR) is 74.7 cm³/mol. The van der Waals surface area contributed by atoms with Crippen LogP contribution in [0.1, 0.15) is 22.3 Å². The number of halogens is 1. The molecule has 0 unspecified atom stereocenters. The summed E-state index contributed by atoms with van der Waals surface area (Å²) in [5, 5.41) is 0.443. The lowest BCUT2D eigenvalue weighted by atomic mass is 10.1. The minimum Gasteiger partial charge on any atom is -0.456 e. The first-order chi connectivity index (χ1) is 8.49. The SMILES string of the molecule is Cc1cnc(Cl)cc1Oc1c(C)ccc(C)c1C. The van der Waals surface area contributed by atoms with E-state index in [1.807, 2.05) is 13.8 Å². The van der Waals surface area contributed by atoms with Crippen LogP contribution in [0.2, 0.25) is 5.15 Å². The highest BCUT2D eigenvalue weighted by Crippen LogP contribution is 2.32. The van der Waals surface area contributed by atoms with Crippen LogP contribution < -0.4 is 4.74 Å². The van der Waals surface area contributed by atoms with E-state index in [0.717, 1.165) is 28.2 Å². The Bertz CT molecular complexity index is 593. The Labute approximate surface area is 113 Å². The molecular weight excluding hydrogens is 246 g/mol. The number of aromatic nitrogens is 1. The van der Waals surface area contributed by atoms with Crippen molar-refractivity contribution >= 4 is 11.6 Å². The summed E-state index contributed by atoms with van der Waals surface area (Å²) in [5.41, 5.74) is 4.46. The first-order valence-corrected chi connectivity index (χ1v) is 6.23. The van der Waals surface area contributed by atoms with Gasteiger partial charge in [-0.3, -0.25) is 0 Å². The molecule has 0 amide bonds. The average Bonchev–Trinajstić information content (AvgIpc) is 2.34. The van der Waals surface area contributed by atoms with Gasteiger partial charge in [0.25, 0.3) is 0 Å². The zero-order valence-electron chi connectivity index (χ0n) is 11.0. The fourth-order valence-electron chi connectivity index (χ4n) is 1.78. The number of pyridine rings is 1. The second-order valence-electron chi connectivity index (χ2n) is 4.53. The van der Waals surface area contributed by atoms with E-state index in [1.165, 1.54) is 5.56 Å². The molecule has 0 spiro atoms. The summed E-state index contributed by atoms with van der Waals surface area (Å²) in [7, 11) is 0. The maximum Gasteiger partial charge on any atom is 0.134 e. The molecule has 2 nitrogen and oxygen atoms in total. The second-order valence-corrected chi connectivity index (χ2v) is 4.92. The van der Waals surface area contributed by atoms with Crippen LogP contribution in [0.5, 0.6) is 11.5 Å². The monoisotopic (exact) mass is 261 g/mol. The Balaban J connectivity index is 2.46. The first kappa shape index (κ1) is 12.9. The van der Waals surface area contributed by atoms with Crippen molar-refractivity contribution in [2.24, 2.45) is 0 Å². The molecule has 0 aliphatic heterocycles. The summed E-state index contributed by atoms with van der Waals surface area (Å²) in [5.74, 6) is 1.66. The van der Waals surface area contributed by atoms with Gasteiger partial charge in [0.1, 0.15) is 16.7 Å². The van der Waals surface area contributed by atoms with E-state index in [9.17, 15) is 0 Å². The predicted octanol–water partition coefficient (Wildman–Crippen LogP) is 4.76. The molecule has 0 bridgehead atoms. The molecule has 1 aromatic carbocycles. The minimum atomic E-state index is 0.443. The molecule has 0 saturated heterocycles. The van der Waals surface area contributed by atoms with Crippen molar-refractivity contribution in [1.82, 2.24) is 4.98 Å². The van der Waals surface area contributed by atoms with Gasteiger partial charge < -0.3 is 4.74 Å². The van der Waals surface area contributed by atoms with Gasteiger partial charge in [-0.2, -0.15) is 0 Å². The van der Waals surface area contributed by atoms with Crippen LogP contribution >= 0.6 is 11.6 Å². The highest BCUT2D eigenvalue weighted by Gasteiger charge is 2.10. The molecule has 0 fully saturated rings. The van der Waals surface area contributed by atoms with Crippen molar-refractivity contribution in [3.05, 3.63) is 51.8 Å². The minimum absolute atomic E-state index is 0.443. The smallest absolute Gasteiger partial charge is 0.134 e. The molecule has 0 atom stereocenters. The maximum absolute atomic E-state index is 6.01. The van der Waals surface area contributed by atoms with Crippen LogP contribution in [0, 0.1) is 27.7 Å². The average molecular weight is 262 g/mol. The van der Waals surface area contributed by atoms with Gasteiger partial charge >= 0.3 is 0 Å². The summed E-state index contributed by atoms with van der Waals surface area (Å²) >= 11 is 5.90. The van der Waals surface area contributed by atoms with E-state index in [4.69, 9.17) is 16.3 Å². The standard InChI is InChI=1S/C15H16ClNO/c1-9-5-6-10(2)15(12(9)4)18-13-7-14(16)17-8-11(13)3/h5-8H,1-4H3. The second kappa shape index (κ2) is 4.99. The Morgan fingerprint density at radius 1 is 1.00 bits per heavy atom. The number of ether oxygens (including phenoxy) is 1. The Morgan fingerprint density at radius 3 is 2.39 bits per heavy atom. The fraction of sp³-hybridized carbons (Fsp3) is 0.267. The van der Waals surface area contributed by atoms with Crippen molar-refractivity contribution in [3.8, 4) is 11.5 Å². The Morgan fingerprint density at radius 2 is 1.67 bits per heavy atom. The molecule has 1 aromatic heterocycles. The zero-order chi connectivity index (χ0) is 13.3. The van der Waals surface area contributed by atoms with Gasteiger partial charge in [-0.05, 0) is 44.4 Å². The van der Waals surface area contributed by atoms with Crippen LogP contribution in [-0.4, -0.2) is 4.98 Å². The van der Waals surface area contributed by atoms with Crippen molar-refractivity contribution in [3.63, 3.8) is 0 Å². The highest BCUT2D eigenvalue weighted by atomic mass is 35.5. The molecule has 3 heteroatoms. The van der Waals surface area contributed by atoms with Crippen LogP contribution in [-0.2, 0) is 0 Å². The van der Waals surface area contributed by atoms with E-state index in [-0.39, 0.29) is 0 Å². The van der Waals surface area contributed by atoms with E-state index in [1.54, 1.807) is 12.3 Å². The summed E-state index contributed by atoms with van der Waals surface area (Å²) < 4.78 is 6.01. The van der Waals surface area contributed by atoms with Crippen molar-refractivity contribution in [2.75, 3.05) is 0 Å². The molecule has 2 aromatic rings. The molecule has 0 radical (unpaired) electrons. The van der Waals surface area contributed by atoms with Crippen LogP contribution in [0.25, 0.3) is 0 Å². The number of nitrogens with zero attached hydrogens (tertiary/aromatic N) is 1. The van der Waals surface area contributed by atoms with Gasteiger partial charge in [-0.15, -0.1) is 0 Å². The van der Waals surface area contributed by atoms with Gasteiger partial charge in [0.05, 0.1) is 0 Å². The van der Waals surface area contributed by atoms with Gasteiger partial charge in [-0.25, -0.2) is 4.98 Å². The number of rotatable bonds is 2. The molecule has 0 N–H and O–H groups in total. The lowest BCUT2D eigenvalue weighted by Gasteiger charge is -2.15. The topological polar surface area (TPSA) is 22.1 Å². The Kier molecular flexibility index (Phi) is 3.58. The first-order valence-electron chi connectivity index (χ1n) is 5.86. The third-order valence-electron chi connectivity index (χ3n) is 3.11. The molecule has 18 heavy (non-hydrogen) atoms. The maximum atomic E-state index is 6.01. The molecule has 2 rings (SSSR count). The van der Waals surface area contributed by atoms with E-state index in [0.29, 0.717) is 5.15 Å². The van der Waals surface area contributed by atoms with Crippen molar-refractivity contribution in [1.29, 1.82) is 0 Å². The summed E-state index contributed by atoms with van der Waals surface area (Å²) in [4.78, 5) is 4.03. The molecule has 0 saturated carbocycles. The normalized spacial score (nSPS) is 10.5. The number of aryl methyl sites for hydroxylation is 3. The van der Waals surface area contributed by atoms with Gasteiger partial charge in [0.2, 0.25) is 0 Å². The number of hydrogen-bond acceptors (Lipinski definition) is 2. The molecule has 0 aliphatic carbocycles. The van der Waals surface area contributed by atoms with Gasteiger partial charge in [-0.1, -0.05) is 23.7 Å². The third kappa shape index (κ3) is 2.49. The van der Waals surface area contributed by atoms with Crippen molar-refractivity contribution in [2.45, 2.75) is 27.7 Å². The lowest BCUT2D eigenvalue weighted by molar-refractivity contribution is 0.470. The van der Waals surface area contributed by atoms with Crippen LogP contribution in [0.15, 0.2) is 24.4 Å². The molecular formula is C15H16ClNO. The summed E-state index contributed by atoms with van der Waals surface area (Å²) in [6, 6.07) is 5.91. The third-order valence-corrected chi connectivity index (χ3v) is 3.31. The highest BCUT2D eigenvalue weighted by molar-refractivity contribution is 6.29. The lowest BCUT2D eigenvalue weighted by Crippen LogP contribution is -1.95. The van der Waals surface area contributed by atoms with E-state index >= 15 is 0 Å².